The van der Waals surface area contributed by atoms with Gasteiger partial charge in [-0.05, 0) is 17.7 Å². The number of methoxy groups -OCH3 is 1. The first-order valence-corrected chi connectivity index (χ1v) is 5.30. The van der Waals surface area contributed by atoms with E-state index in [9.17, 15) is 0 Å². The minimum absolute atomic E-state index is 0.674. The molecule has 1 fully saturated rings. The topological polar surface area (TPSA) is 30.5 Å². The van der Waals surface area contributed by atoms with Crippen LogP contribution in [0.4, 0.5) is 0 Å². The van der Waals surface area contributed by atoms with Gasteiger partial charge in [0.15, 0.2) is 0 Å². The van der Waals surface area contributed by atoms with Crippen molar-refractivity contribution in [3.8, 4) is 5.75 Å². The van der Waals surface area contributed by atoms with Crippen molar-refractivity contribution in [2.24, 2.45) is 5.92 Å². The van der Waals surface area contributed by atoms with Crippen LogP contribution >= 0.6 is 0 Å². The lowest BCUT2D eigenvalue weighted by Crippen LogP contribution is -2.44. The molecule has 3 heteroatoms. The predicted octanol–water partition coefficient (Wildman–Crippen LogP) is 1.43. The summed E-state index contributed by atoms with van der Waals surface area (Å²) < 4.78 is 10.8. The first kappa shape index (κ1) is 10.5. The second kappa shape index (κ2) is 5.14. The Labute approximate surface area is 90.4 Å². The van der Waals surface area contributed by atoms with E-state index in [1.54, 1.807) is 7.11 Å². The van der Waals surface area contributed by atoms with Gasteiger partial charge in [0.2, 0.25) is 0 Å². The lowest BCUT2D eigenvalue weighted by atomic mass is 10.1. The monoisotopic (exact) mass is 207 g/mol. The van der Waals surface area contributed by atoms with E-state index in [0.29, 0.717) is 12.5 Å². The van der Waals surface area contributed by atoms with Gasteiger partial charge in [-0.25, -0.2) is 0 Å². The van der Waals surface area contributed by atoms with Crippen molar-refractivity contribution >= 4 is 0 Å². The molecular weight excluding hydrogens is 190 g/mol. The molecule has 0 amide bonds. The summed E-state index contributed by atoms with van der Waals surface area (Å²) in [5.41, 5.74) is 1.17. The summed E-state index contributed by atoms with van der Waals surface area (Å²) in [5.74, 6) is 1.59. The second-order valence-electron chi connectivity index (χ2n) is 3.89. The van der Waals surface area contributed by atoms with E-state index in [-0.39, 0.29) is 0 Å². The average molecular weight is 207 g/mol. The third kappa shape index (κ3) is 2.94. The molecule has 1 aliphatic heterocycles. The highest BCUT2D eigenvalue weighted by atomic mass is 16.5. The van der Waals surface area contributed by atoms with Gasteiger partial charge >= 0.3 is 0 Å². The quantitative estimate of drug-likeness (QED) is 0.792. The van der Waals surface area contributed by atoms with E-state index in [1.807, 2.05) is 18.2 Å². The Kier molecular flexibility index (Phi) is 3.59. The molecule has 1 aromatic carbocycles. The van der Waals surface area contributed by atoms with Crippen molar-refractivity contribution < 1.29 is 9.47 Å². The molecule has 3 nitrogen and oxygen atoms in total. The van der Waals surface area contributed by atoms with Crippen LogP contribution < -0.4 is 10.1 Å². The maximum atomic E-state index is 5.63. The van der Waals surface area contributed by atoms with Crippen LogP contribution in [0, 0.1) is 5.92 Å². The van der Waals surface area contributed by atoms with Crippen molar-refractivity contribution in [2.75, 3.05) is 26.8 Å². The first-order valence-electron chi connectivity index (χ1n) is 5.30. The molecule has 1 saturated heterocycles. The third-order valence-electron chi connectivity index (χ3n) is 2.62. The zero-order valence-corrected chi connectivity index (χ0v) is 9.03. The summed E-state index contributed by atoms with van der Waals surface area (Å²) in [5, 5.41) is 3.23. The van der Waals surface area contributed by atoms with Gasteiger partial charge < -0.3 is 14.8 Å². The lowest BCUT2D eigenvalue weighted by molar-refractivity contribution is 0.0688. The minimum atomic E-state index is 0.674. The fourth-order valence-electron chi connectivity index (χ4n) is 1.57. The van der Waals surface area contributed by atoms with Gasteiger partial charge in [0.1, 0.15) is 5.75 Å². The molecule has 0 unspecified atom stereocenters. The molecule has 1 aliphatic rings. The average Bonchev–Trinajstić information content (AvgIpc) is 2.22. The van der Waals surface area contributed by atoms with E-state index in [2.05, 4.69) is 11.4 Å². The molecule has 0 aliphatic carbocycles. The van der Waals surface area contributed by atoms with E-state index < -0.39 is 0 Å². The molecule has 0 radical (unpaired) electrons. The SMILES string of the molecule is COc1cccc(COCC2CNC2)c1. The number of nitrogens with one attached hydrogen (secondary N) is 1. The molecule has 1 heterocycles. The Balaban J connectivity index is 1.76. The van der Waals surface area contributed by atoms with Crippen LogP contribution in [0.1, 0.15) is 5.56 Å². The Hall–Kier alpha value is -1.06. The van der Waals surface area contributed by atoms with Gasteiger partial charge in [-0.3, -0.25) is 0 Å². The summed E-state index contributed by atoms with van der Waals surface area (Å²) in [6, 6.07) is 8.00. The van der Waals surface area contributed by atoms with Crippen molar-refractivity contribution in [3.05, 3.63) is 29.8 Å². The van der Waals surface area contributed by atoms with Crippen LogP contribution in [0.5, 0.6) is 5.75 Å². The Bertz CT molecular complexity index is 310. The molecule has 0 spiro atoms. The molecule has 0 saturated carbocycles. The highest BCUT2D eigenvalue weighted by molar-refractivity contribution is 5.27. The largest absolute Gasteiger partial charge is 0.497 e. The number of rotatable bonds is 5. The molecular formula is C12H17NO2. The van der Waals surface area contributed by atoms with Crippen molar-refractivity contribution in [1.29, 1.82) is 0 Å². The number of ether oxygens (including phenoxy) is 2. The fourth-order valence-corrected chi connectivity index (χ4v) is 1.57. The fraction of sp³-hybridized carbons (Fsp3) is 0.500. The van der Waals surface area contributed by atoms with Crippen LogP contribution in [-0.2, 0) is 11.3 Å². The zero-order valence-electron chi connectivity index (χ0n) is 9.03. The van der Waals surface area contributed by atoms with Gasteiger partial charge in [-0.1, -0.05) is 12.1 Å². The smallest absolute Gasteiger partial charge is 0.119 e. The van der Waals surface area contributed by atoms with Crippen LogP contribution in [0.25, 0.3) is 0 Å². The molecule has 15 heavy (non-hydrogen) atoms. The van der Waals surface area contributed by atoms with E-state index in [1.165, 1.54) is 5.56 Å². The van der Waals surface area contributed by atoms with Gasteiger partial charge in [0.05, 0.1) is 20.3 Å². The first-order chi connectivity index (χ1) is 7.38. The maximum Gasteiger partial charge on any atom is 0.119 e. The maximum absolute atomic E-state index is 5.63. The number of hydrogen-bond acceptors (Lipinski definition) is 3. The molecule has 82 valence electrons. The summed E-state index contributed by atoms with van der Waals surface area (Å²) in [6.45, 7) is 3.72. The number of benzene rings is 1. The number of hydrogen-bond donors (Lipinski definition) is 1. The highest BCUT2D eigenvalue weighted by Crippen LogP contribution is 2.14. The Morgan fingerprint density at radius 3 is 2.93 bits per heavy atom. The van der Waals surface area contributed by atoms with Gasteiger partial charge in [-0.15, -0.1) is 0 Å². The summed E-state index contributed by atoms with van der Waals surface area (Å²) >= 11 is 0. The molecule has 1 N–H and O–H groups in total. The van der Waals surface area contributed by atoms with Crippen LogP contribution in [0.2, 0.25) is 0 Å². The Morgan fingerprint density at radius 1 is 1.40 bits per heavy atom. The summed E-state index contributed by atoms with van der Waals surface area (Å²) in [4.78, 5) is 0. The molecule has 0 atom stereocenters. The van der Waals surface area contributed by atoms with Crippen LogP contribution in [0.3, 0.4) is 0 Å². The Morgan fingerprint density at radius 2 is 2.27 bits per heavy atom. The van der Waals surface area contributed by atoms with Crippen molar-refractivity contribution in [3.63, 3.8) is 0 Å². The van der Waals surface area contributed by atoms with Gasteiger partial charge in [0.25, 0.3) is 0 Å². The highest BCUT2D eigenvalue weighted by Gasteiger charge is 2.16. The summed E-state index contributed by atoms with van der Waals surface area (Å²) in [6.07, 6.45) is 0. The molecule has 1 aromatic rings. The zero-order chi connectivity index (χ0) is 10.5. The van der Waals surface area contributed by atoms with Gasteiger partial charge in [-0.2, -0.15) is 0 Å². The van der Waals surface area contributed by atoms with Gasteiger partial charge in [0, 0.05) is 19.0 Å². The third-order valence-corrected chi connectivity index (χ3v) is 2.62. The standard InChI is InChI=1S/C12H17NO2/c1-14-12-4-2-3-10(5-12)8-15-9-11-6-13-7-11/h2-5,11,13H,6-9H2,1H3. The van der Waals surface area contributed by atoms with Crippen LogP contribution in [-0.4, -0.2) is 26.8 Å². The van der Waals surface area contributed by atoms with E-state index in [4.69, 9.17) is 9.47 Å². The summed E-state index contributed by atoms with van der Waals surface area (Å²) in [7, 11) is 1.68. The van der Waals surface area contributed by atoms with Crippen molar-refractivity contribution in [1.82, 2.24) is 5.32 Å². The predicted molar refractivity (Wildman–Crippen MR) is 59.0 cm³/mol. The second-order valence-corrected chi connectivity index (χ2v) is 3.89. The lowest BCUT2D eigenvalue weighted by Gasteiger charge is -2.26. The molecule has 0 bridgehead atoms. The van der Waals surface area contributed by atoms with Crippen LogP contribution in [0.15, 0.2) is 24.3 Å². The molecule has 2 rings (SSSR count). The minimum Gasteiger partial charge on any atom is -0.497 e. The normalized spacial score (nSPS) is 16.1. The van der Waals surface area contributed by atoms with Crippen molar-refractivity contribution in [2.45, 2.75) is 6.61 Å². The van der Waals surface area contributed by atoms with E-state index in [0.717, 1.165) is 25.4 Å². The molecule has 0 aromatic heterocycles. The van der Waals surface area contributed by atoms with E-state index >= 15 is 0 Å².